The van der Waals surface area contributed by atoms with E-state index in [-0.39, 0.29) is 6.61 Å². The van der Waals surface area contributed by atoms with Crippen LogP contribution in [0.25, 0.3) is 10.8 Å². The molecule has 1 amide bonds. The number of amides is 1. The predicted molar refractivity (Wildman–Crippen MR) is 109 cm³/mol. The number of nitrogens with zero attached hydrogens (tertiary/aromatic N) is 1. The molecule has 1 heterocycles. The molecule has 2 aromatic carbocycles. The van der Waals surface area contributed by atoms with Crippen LogP contribution in [-0.4, -0.2) is 27.5 Å². The van der Waals surface area contributed by atoms with E-state index >= 15 is 0 Å². The molecule has 1 fully saturated rings. The Bertz CT molecular complexity index is 1080. The van der Waals surface area contributed by atoms with E-state index in [0.717, 1.165) is 22.8 Å². The normalized spacial score (nSPS) is 14.8. The van der Waals surface area contributed by atoms with Gasteiger partial charge in [-0.15, -0.1) is 0 Å². The van der Waals surface area contributed by atoms with E-state index in [1.54, 1.807) is 24.4 Å². The minimum Gasteiger partial charge on any atom is -0.487 e. The average molecular weight is 411 g/mol. The second-order valence-corrected chi connectivity index (χ2v) is 7.52. The van der Waals surface area contributed by atoms with Gasteiger partial charge in [0.15, 0.2) is 0 Å². The van der Waals surface area contributed by atoms with Crippen molar-refractivity contribution in [3.63, 3.8) is 0 Å². The summed E-state index contributed by atoms with van der Waals surface area (Å²) >= 11 is 5.83. The van der Waals surface area contributed by atoms with Crippen LogP contribution in [0.5, 0.6) is 5.75 Å². The van der Waals surface area contributed by atoms with Gasteiger partial charge in [0.1, 0.15) is 23.0 Å². The zero-order chi connectivity index (χ0) is 20.4. The number of pyridine rings is 1. The lowest BCUT2D eigenvalue weighted by molar-refractivity contribution is -0.148. The maximum absolute atomic E-state index is 13.0. The van der Waals surface area contributed by atoms with E-state index in [0.29, 0.717) is 29.3 Å². The van der Waals surface area contributed by atoms with Crippen molar-refractivity contribution in [3.05, 3.63) is 71.0 Å². The number of benzene rings is 2. The molecular formula is C22H19ClN2O4. The van der Waals surface area contributed by atoms with Gasteiger partial charge < -0.3 is 15.2 Å². The summed E-state index contributed by atoms with van der Waals surface area (Å²) in [5.74, 6) is -1.05. The van der Waals surface area contributed by atoms with E-state index in [9.17, 15) is 14.7 Å². The zero-order valence-electron chi connectivity index (χ0n) is 15.5. The second kappa shape index (κ2) is 7.72. The fourth-order valence-electron chi connectivity index (χ4n) is 3.43. The standard InChI is InChI=1S/C22H19ClN2O4/c23-18-9-6-14(12-24-18)13-29-19-16-5-2-1-4-15(16)7-8-17(19)20(26)25-22(21(27)28)10-3-11-22/h1-2,4-9,12H,3,10-11,13H2,(H,25,26)(H,27,28). The van der Waals surface area contributed by atoms with Crippen LogP contribution in [0, 0.1) is 0 Å². The van der Waals surface area contributed by atoms with Crippen molar-refractivity contribution >= 4 is 34.2 Å². The van der Waals surface area contributed by atoms with E-state index in [1.807, 2.05) is 30.3 Å². The number of aromatic nitrogens is 1. The van der Waals surface area contributed by atoms with Crippen LogP contribution in [0.4, 0.5) is 0 Å². The number of carbonyl (C=O) groups excluding carboxylic acids is 1. The molecule has 29 heavy (non-hydrogen) atoms. The number of hydrogen-bond acceptors (Lipinski definition) is 4. The molecule has 0 atom stereocenters. The first-order chi connectivity index (χ1) is 14.0. The summed E-state index contributed by atoms with van der Waals surface area (Å²) in [5.41, 5.74) is -0.0899. The van der Waals surface area contributed by atoms with Crippen molar-refractivity contribution in [2.75, 3.05) is 0 Å². The maximum Gasteiger partial charge on any atom is 0.329 e. The van der Waals surface area contributed by atoms with Gasteiger partial charge in [0.05, 0.1) is 5.56 Å². The summed E-state index contributed by atoms with van der Waals surface area (Å²) in [6.07, 6.45) is 3.24. The molecule has 1 aliphatic carbocycles. The Morgan fingerprint density at radius 3 is 2.59 bits per heavy atom. The van der Waals surface area contributed by atoms with Gasteiger partial charge in [0, 0.05) is 17.1 Å². The molecule has 6 nitrogen and oxygen atoms in total. The van der Waals surface area contributed by atoms with Crippen LogP contribution in [0.3, 0.4) is 0 Å². The first-order valence-corrected chi connectivity index (χ1v) is 9.67. The molecule has 148 valence electrons. The number of fused-ring (bicyclic) bond motifs is 1. The van der Waals surface area contributed by atoms with Gasteiger partial charge >= 0.3 is 5.97 Å². The Morgan fingerprint density at radius 2 is 1.93 bits per heavy atom. The van der Waals surface area contributed by atoms with Gasteiger partial charge in [-0.1, -0.05) is 48.0 Å². The van der Waals surface area contributed by atoms with Crippen molar-refractivity contribution in [1.82, 2.24) is 10.3 Å². The lowest BCUT2D eigenvalue weighted by Gasteiger charge is -2.38. The number of hydrogen-bond donors (Lipinski definition) is 2. The van der Waals surface area contributed by atoms with E-state index in [1.165, 1.54) is 0 Å². The average Bonchev–Trinajstić information content (AvgIpc) is 2.69. The van der Waals surface area contributed by atoms with Crippen LogP contribution >= 0.6 is 11.6 Å². The van der Waals surface area contributed by atoms with Crippen molar-refractivity contribution in [2.24, 2.45) is 0 Å². The number of ether oxygens (including phenoxy) is 1. The fourth-order valence-corrected chi connectivity index (χ4v) is 3.54. The number of rotatable bonds is 6. The Hall–Kier alpha value is -3.12. The number of aliphatic carboxylic acids is 1. The molecular weight excluding hydrogens is 392 g/mol. The quantitative estimate of drug-likeness (QED) is 0.594. The lowest BCUT2D eigenvalue weighted by atomic mass is 9.76. The number of halogens is 1. The first kappa shape index (κ1) is 19.2. The van der Waals surface area contributed by atoms with Crippen LogP contribution in [0.1, 0.15) is 35.2 Å². The monoisotopic (exact) mass is 410 g/mol. The molecule has 0 unspecified atom stereocenters. The molecule has 0 aliphatic heterocycles. The van der Waals surface area contributed by atoms with Crippen molar-refractivity contribution in [1.29, 1.82) is 0 Å². The van der Waals surface area contributed by atoms with Gasteiger partial charge in [0.2, 0.25) is 0 Å². The first-order valence-electron chi connectivity index (χ1n) is 9.29. The Balaban J connectivity index is 1.67. The fraction of sp³-hybridized carbons (Fsp3) is 0.227. The third-order valence-electron chi connectivity index (χ3n) is 5.27. The van der Waals surface area contributed by atoms with Gasteiger partial charge in [-0.3, -0.25) is 4.79 Å². The lowest BCUT2D eigenvalue weighted by Crippen LogP contribution is -2.59. The summed E-state index contributed by atoms with van der Waals surface area (Å²) in [5, 5.41) is 14.3. The highest BCUT2D eigenvalue weighted by atomic mass is 35.5. The van der Waals surface area contributed by atoms with Crippen LogP contribution in [0.15, 0.2) is 54.7 Å². The van der Waals surface area contributed by atoms with E-state index < -0.39 is 17.4 Å². The van der Waals surface area contributed by atoms with Crippen LogP contribution in [0.2, 0.25) is 5.15 Å². The molecule has 1 aliphatic rings. The molecule has 1 aromatic heterocycles. The number of carbonyl (C=O) groups is 2. The third-order valence-corrected chi connectivity index (χ3v) is 5.49. The highest BCUT2D eigenvalue weighted by molar-refractivity contribution is 6.29. The SMILES string of the molecule is O=C(NC1(C(=O)O)CCC1)c1ccc2ccccc2c1OCc1ccc(Cl)nc1. The smallest absolute Gasteiger partial charge is 0.329 e. The predicted octanol–water partition coefficient (Wildman–Crippen LogP) is 4.20. The summed E-state index contributed by atoms with van der Waals surface area (Å²) in [6.45, 7) is 0.197. The number of carboxylic acids is 1. The summed E-state index contributed by atoms with van der Waals surface area (Å²) < 4.78 is 6.03. The molecule has 0 bridgehead atoms. The number of carboxylic acid groups (broad SMARTS) is 1. The molecule has 7 heteroatoms. The van der Waals surface area contributed by atoms with Crippen molar-refractivity contribution in [2.45, 2.75) is 31.4 Å². The van der Waals surface area contributed by atoms with Crippen molar-refractivity contribution in [3.8, 4) is 5.75 Å². The van der Waals surface area contributed by atoms with E-state index in [2.05, 4.69) is 10.3 Å². The van der Waals surface area contributed by atoms with Crippen molar-refractivity contribution < 1.29 is 19.4 Å². The molecule has 4 rings (SSSR count). The molecule has 0 radical (unpaired) electrons. The second-order valence-electron chi connectivity index (χ2n) is 7.14. The Labute approximate surface area is 172 Å². The highest BCUT2D eigenvalue weighted by Crippen LogP contribution is 2.35. The Kier molecular flexibility index (Phi) is 5.11. The largest absolute Gasteiger partial charge is 0.487 e. The summed E-state index contributed by atoms with van der Waals surface area (Å²) in [7, 11) is 0. The third kappa shape index (κ3) is 3.76. The van der Waals surface area contributed by atoms with Crippen LogP contribution in [-0.2, 0) is 11.4 Å². The zero-order valence-corrected chi connectivity index (χ0v) is 16.3. The van der Waals surface area contributed by atoms with E-state index in [4.69, 9.17) is 16.3 Å². The minimum absolute atomic E-state index is 0.197. The molecule has 0 spiro atoms. The van der Waals surface area contributed by atoms with Gasteiger partial charge in [-0.25, -0.2) is 9.78 Å². The maximum atomic E-state index is 13.0. The number of nitrogens with one attached hydrogen (secondary N) is 1. The molecule has 3 aromatic rings. The van der Waals surface area contributed by atoms with Crippen LogP contribution < -0.4 is 10.1 Å². The summed E-state index contributed by atoms with van der Waals surface area (Å²) in [4.78, 5) is 28.7. The molecule has 1 saturated carbocycles. The minimum atomic E-state index is -1.19. The summed E-state index contributed by atoms with van der Waals surface area (Å²) in [6, 6.07) is 14.5. The Morgan fingerprint density at radius 1 is 1.14 bits per heavy atom. The van der Waals surface area contributed by atoms with Gasteiger partial charge in [-0.2, -0.15) is 0 Å². The highest BCUT2D eigenvalue weighted by Gasteiger charge is 2.46. The topological polar surface area (TPSA) is 88.5 Å². The molecule has 2 N–H and O–H groups in total. The van der Waals surface area contributed by atoms with Gasteiger partial charge in [-0.05, 0) is 36.8 Å². The van der Waals surface area contributed by atoms with Gasteiger partial charge in [0.25, 0.3) is 5.91 Å². The molecule has 0 saturated heterocycles.